The Hall–Kier alpha value is -1.67. The number of hydrogen-bond donors (Lipinski definition) is 3. The second kappa shape index (κ2) is 6.48. The molecule has 1 atom stereocenters. The Labute approximate surface area is 106 Å². The minimum atomic E-state index is -4.72. The Bertz CT molecular complexity index is 420. The Morgan fingerprint density at radius 1 is 1.26 bits per heavy atom. The van der Waals surface area contributed by atoms with Crippen molar-refractivity contribution in [3.05, 3.63) is 30.1 Å². The number of alkyl halides is 3. The summed E-state index contributed by atoms with van der Waals surface area (Å²) in [6.45, 7) is -1.18. The molecule has 0 aliphatic heterocycles. The van der Waals surface area contributed by atoms with Gasteiger partial charge in [-0.15, -0.1) is 0 Å². The molecular weight excluding hydrogens is 268 g/mol. The summed E-state index contributed by atoms with van der Waals surface area (Å²) in [5.74, 6) is -1.06. The summed E-state index contributed by atoms with van der Waals surface area (Å²) in [6, 6.07) is 4.91. The number of aliphatic hydroxyl groups excluding tert-OH is 1. The van der Waals surface area contributed by atoms with Crippen LogP contribution in [-0.2, 0) is 4.79 Å². The van der Waals surface area contributed by atoms with Crippen LogP contribution < -0.4 is 10.6 Å². The topological polar surface area (TPSA) is 61.4 Å². The normalized spacial score (nSPS) is 13.1. The van der Waals surface area contributed by atoms with Crippen molar-refractivity contribution in [1.82, 2.24) is 5.32 Å². The van der Waals surface area contributed by atoms with Crippen LogP contribution in [0.3, 0.4) is 0 Å². The first-order chi connectivity index (χ1) is 8.79. The van der Waals surface area contributed by atoms with Gasteiger partial charge in [0.25, 0.3) is 0 Å². The highest BCUT2D eigenvalue weighted by Crippen LogP contribution is 2.19. The number of rotatable bonds is 5. The van der Waals surface area contributed by atoms with Crippen molar-refractivity contribution in [1.29, 1.82) is 0 Å². The maximum Gasteiger partial charge on any atom is 0.415 e. The van der Waals surface area contributed by atoms with Crippen LogP contribution in [0.5, 0.6) is 0 Å². The molecule has 1 rings (SSSR count). The lowest BCUT2D eigenvalue weighted by Crippen LogP contribution is -2.41. The van der Waals surface area contributed by atoms with Gasteiger partial charge >= 0.3 is 6.18 Å². The molecule has 0 radical (unpaired) electrons. The number of anilines is 1. The number of carbonyl (C=O) groups is 1. The highest BCUT2D eigenvalue weighted by molar-refractivity contribution is 5.92. The van der Waals surface area contributed by atoms with Crippen molar-refractivity contribution in [2.75, 3.05) is 18.4 Å². The summed E-state index contributed by atoms with van der Waals surface area (Å²) in [5.41, 5.74) is 0.324. The van der Waals surface area contributed by atoms with Crippen LogP contribution in [0.1, 0.15) is 0 Å². The highest BCUT2D eigenvalue weighted by Gasteiger charge is 2.37. The van der Waals surface area contributed by atoms with Gasteiger partial charge in [0.2, 0.25) is 5.91 Å². The number of amides is 1. The molecule has 0 aromatic heterocycles. The Morgan fingerprint density at radius 3 is 2.37 bits per heavy atom. The predicted molar refractivity (Wildman–Crippen MR) is 60.0 cm³/mol. The number of halogens is 4. The SMILES string of the molecule is O=C(CNCC(O)C(F)(F)F)Nc1ccc(F)cc1. The maximum atomic E-state index is 12.6. The van der Waals surface area contributed by atoms with Crippen LogP contribution >= 0.6 is 0 Å². The van der Waals surface area contributed by atoms with Gasteiger partial charge in [0, 0.05) is 12.2 Å². The van der Waals surface area contributed by atoms with E-state index >= 15 is 0 Å². The second-order valence-electron chi connectivity index (χ2n) is 3.74. The summed E-state index contributed by atoms with van der Waals surface area (Å²) in [7, 11) is 0. The Balaban J connectivity index is 2.31. The lowest BCUT2D eigenvalue weighted by molar-refractivity contribution is -0.201. The van der Waals surface area contributed by atoms with Crippen molar-refractivity contribution in [3.63, 3.8) is 0 Å². The van der Waals surface area contributed by atoms with Crippen molar-refractivity contribution in [2.45, 2.75) is 12.3 Å². The third kappa shape index (κ3) is 5.66. The summed E-state index contributed by atoms with van der Waals surface area (Å²) in [6.07, 6.45) is -7.24. The fourth-order valence-electron chi connectivity index (χ4n) is 1.18. The molecule has 8 heteroatoms. The highest BCUT2D eigenvalue weighted by atomic mass is 19.4. The molecule has 106 valence electrons. The van der Waals surface area contributed by atoms with Crippen LogP contribution in [-0.4, -0.2) is 36.4 Å². The predicted octanol–water partition coefficient (Wildman–Crippen LogP) is 1.28. The third-order valence-corrected chi connectivity index (χ3v) is 2.13. The van der Waals surface area contributed by atoms with Crippen LogP contribution in [0.4, 0.5) is 23.2 Å². The summed E-state index contributed by atoms with van der Waals surface area (Å²) >= 11 is 0. The molecule has 4 nitrogen and oxygen atoms in total. The number of carbonyl (C=O) groups excluding carboxylic acids is 1. The first-order valence-electron chi connectivity index (χ1n) is 5.30. The van der Waals surface area contributed by atoms with E-state index in [9.17, 15) is 22.4 Å². The molecule has 0 spiro atoms. The lowest BCUT2D eigenvalue weighted by Gasteiger charge is -2.14. The number of aliphatic hydroxyl groups is 1. The van der Waals surface area contributed by atoms with Gasteiger partial charge in [-0.25, -0.2) is 4.39 Å². The maximum absolute atomic E-state index is 12.6. The summed E-state index contributed by atoms with van der Waals surface area (Å²) in [4.78, 5) is 11.3. The van der Waals surface area contributed by atoms with Crippen LogP contribution in [0, 0.1) is 5.82 Å². The van der Waals surface area contributed by atoms with Gasteiger partial charge in [0.05, 0.1) is 6.54 Å². The molecule has 0 heterocycles. The van der Waals surface area contributed by atoms with E-state index in [0.29, 0.717) is 5.69 Å². The molecule has 0 bridgehead atoms. The van der Waals surface area contributed by atoms with Gasteiger partial charge in [-0.1, -0.05) is 0 Å². The fourth-order valence-corrected chi connectivity index (χ4v) is 1.18. The molecule has 1 amide bonds. The summed E-state index contributed by atoms with van der Waals surface area (Å²) in [5, 5.41) is 13.2. The zero-order chi connectivity index (χ0) is 14.5. The molecule has 3 N–H and O–H groups in total. The second-order valence-corrected chi connectivity index (χ2v) is 3.74. The Morgan fingerprint density at radius 2 is 1.84 bits per heavy atom. The van der Waals surface area contributed by atoms with Gasteiger partial charge in [-0.3, -0.25) is 4.79 Å². The van der Waals surface area contributed by atoms with E-state index in [4.69, 9.17) is 5.11 Å². The first kappa shape index (κ1) is 15.4. The summed E-state index contributed by atoms with van der Waals surface area (Å²) < 4.78 is 48.4. The van der Waals surface area contributed by atoms with E-state index in [-0.39, 0.29) is 0 Å². The smallest absolute Gasteiger partial charge is 0.382 e. The molecule has 1 aromatic rings. The van der Waals surface area contributed by atoms with E-state index in [0.717, 1.165) is 12.1 Å². The van der Waals surface area contributed by atoms with Crippen LogP contribution in [0.2, 0.25) is 0 Å². The van der Waals surface area contributed by atoms with E-state index in [1.165, 1.54) is 12.1 Å². The quantitative estimate of drug-likeness (QED) is 0.712. The van der Waals surface area contributed by atoms with E-state index in [1.807, 2.05) is 0 Å². The zero-order valence-electron chi connectivity index (χ0n) is 9.67. The van der Waals surface area contributed by atoms with Crippen molar-refractivity contribution in [2.24, 2.45) is 0 Å². The van der Waals surface area contributed by atoms with Crippen LogP contribution in [0.15, 0.2) is 24.3 Å². The monoisotopic (exact) mass is 280 g/mol. The van der Waals surface area contributed by atoms with Crippen molar-refractivity contribution >= 4 is 11.6 Å². The van der Waals surface area contributed by atoms with Gasteiger partial charge in [-0.2, -0.15) is 13.2 Å². The largest absolute Gasteiger partial charge is 0.415 e. The zero-order valence-corrected chi connectivity index (χ0v) is 9.67. The lowest BCUT2D eigenvalue weighted by atomic mass is 10.3. The van der Waals surface area contributed by atoms with Gasteiger partial charge < -0.3 is 15.7 Å². The molecular formula is C11H12F4N2O2. The third-order valence-electron chi connectivity index (χ3n) is 2.13. The molecule has 1 unspecified atom stereocenters. The number of nitrogens with one attached hydrogen (secondary N) is 2. The van der Waals surface area contributed by atoms with Crippen molar-refractivity contribution in [3.8, 4) is 0 Å². The molecule has 0 fully saturated rings. The van der Waals surface area contributed by atoms with Gasteiger partial charge in [0.15, 0.2) is 6.10 Å². The molecule has 19 heavy (non-hydrogen) atoms. The average Bonchev–Trinajstić information content (AvgIpc) is 2.31. The molecule has 0 saturated carbocycles. The van der Waals surface area contributed by atoms with Crippen molar-refractivity contribution < 1.29 is 27.5 Å². The minimum absolute atomic E-state index is 0.324. The van der Waals surface area contributed by atoms with Gasteiger partial charge in [-0.05, 0) is 24.3 Å². The van der Waals surface area contributed by atoms with E-state index in [2.05, 4.69) is 10.6 Å². The van der Waals surface area contributed by atoms with Gasteiger partial charge in [0.1, 0.15) is 5.82 Å². The molecule has 0 aliphatic carbocycles. The number of benzene rings is 1. The minimum Gasteiger partial charge on any atom is -0.382 e. The molecule has 1 aromatic carbocycles. The van der Waals surface area contributed by atoms with E-state index in [1.54, 1.807) is 0 Å². The fraction of sp³-hybridized carbons (Fsp3) is 0.364. The molecule has 0 aliphatic rings. The average molecular weight is 280 g/mol. The number of hydrogen-bond acceptors (Lipinski definition) is 3. The molecule has 0 saturated heterocycles. The first-order valence-corrected chi connectivity index (χ1v) is 5.30. The van der Waals surface area contributed by atoms with Crippen LogP contribution in [0.25, 0.3) is 0 Å². The Kier molecular flexibility index (Phi) is 5.25. The standard InChI is InChI=1S/C11H12F4N2O2/c12-7-1-3-8(4-2-7)17-10(19)6-16-5-9(18)11(13,14)15/h1-4,9,16,18H,5-6H2,(H,17,19). The van der Waals surface area contributed by atoms with E-state index < -0.39 is 37.1 Å².